The number of hydrogen-bond donors (Lipinski definition) is 1. The zero-order valence-electron chi connectivity index (χ0n) is 16.1. The molecular formula is C20H22N6OS. The van der Waals surface area contributed by atoms with Crippen LogP contribution in [0.5, 0.6) is 0 Å². The van der Waals surface area contributed by atoms with Crippen molar-refractivity contribution in [1.82, 2.24) is 30.2 Å². The molecule has 0 spiro atoms. The SMILES string of the molecule is CC[C@@H](C)Cc1c(C)sc2nc(Cn3nnc(-c4ccccc4)n3)[nH]c(=O)c12. The van der Waals surface area contributed by atoms with Crippen molar-refractivity contribution >= 4 is 21.6 Å². The van der Waals surface area contributed by atoms with E-state index in [0.29, 0.717) is 17.6 Å². The van der Waals surface area contributed by atoms with Crippen molar-refractivity contribution in [3.63, 3.8) is 0 Å². The van der Waals surface area contributed by atoms with Crippen LogP contribution in [0.25, 0.3) is 21.6 Å². The summed E-state index contributed by atoms with van der Waals surface area (Å²) in [6.45, 7) is 6.71. The number of nitrogens with zero attached hydrogens (tertiary/aromatic N) is 5. The van der Waals surface area contributed by atoms with Gasteiger partial charge in [0.2, 0.25) is 5.82 Å². The van der Waals surface area contributed by atoms with Crippen LogP contribution in [0.2, 0.25) is 0 Å². The Morgan fingerprint density at radius 2 is 2.04 bits per heavy atom. The number of nitrogens with one attached hydrogen (secondary N) is 1. The molecule has 1 N–H and O–H groups in total. The van der Waals surface area contributed by atoms with Crippen LogP contribution in [0.3, 0.4) is 0 Å². The number of tetrazole rings is 1. The minimum Gasteiger partial charge on any atom is -0.308 e. The van der Waals surface area contributed by atoms with Crippen molar-refractivity contribution in [2.24, 2.45) is 5.92 Å². The molecule has 0 aliphatic heterocycles. The number of rotatable bonds is 6. The molecule has 0 aliphatic rings. The first kappa shape index (κ1) is 18.5. The van der Waals surface area contributed by atoms with Crippen molar-refractivity contribution in [2.75, 3.05) is 0 Å². The fraction of sp³-hybridized carbons (Fsp3) is 0.350. The first-order valence-corrected chi connectivity index (χ1v) is 10.2. The molecule has 0 fully saturated rings. The van der Waals surface area contributed by atoms with E-state index in [2.05, 4.69) is 46.1 Å². The molecule has 3 heterocycles. The molecule has 1 aromatic carbocycles. The topological polar surface area (TPSA) is 89.3 Å². The van der Waals surface area contributed by atoms with Gasteiger partial charge in [-0.15, -0.1) is 21.5 Å². The number of aryl methyl sites for hydroxylation is 1. The Bertz CT molecular complexity index is 1160. The molecule has 0 saturated heterocycles. The fourth-order valence-electron chi connectivity index (χ4n) is 3.18. The van der Waals surface area contributed by atoms with E-state index in [4.69, 9.17) is 0 Å². The Morgan fingerprint density at radius 1 is 1.25 bits per heavy atom. The first-order chi connectivity index (χ1) is 13.5. The standard InChI is InChI=1S/C20H22N6OS/c1-4-12(2)10-15-13(3)28-20-17(15)19(27)21-16(22-20)11-26-24-18(23-25-26)14-8-6-5-7-9-14/h5-9,12H,4,10-11H2,1-3H3,(H,21,22,27)/t12-/m1/s1. The van der Waals surface area contributed by atoms with E-state index in [-0.39, 0.29) is 12.1 Å². The lowest BCUT2D eigenvalue weighted by atomic mass is 9.98. The number of H-pyrrole nitrogens is 1. The highest BCUT2D eigenvalue weighted by Gasteiger charge is 2.17. The summed E-state index contributed by atoms with van der Waals surface area (Å²) in [5.74, 6) is 1.61. The average molecular weight is 395 g/mol. The zero-order valence-corrected chi connectivity index (χ0v) is 17.0. The third kappa shape index (κ3) is 3.60. The molecule has 4 aromatic rings. The van der Waals surface area contributed by atoms with E-state index >= 15 is 0 Å². The zero-order chi connectivity index (χ0) is 19.7. The fourth-order valence-corrected chi connectivity index (χ4v) is 4.25. The molecule has 4 rings (SSSR count). The minimum atomic E-state index is -0.0916. The number of hydrogen-bond acceptors (Lipinski definition) is 6. The second kappa shape index (κ2) is 7.63. The summed E-state index contributed by atoms with van der Waals surface area (Å²) in [7, 11) is 0. The highest BCUT2D eigenvalue weighted by molar-refractivity contribution is 7.18. The van der Waals surface area contributed by atoms with Crippen molar-refractivity contribution in [3.8, 4) is 11.4 Å². The molecule has 0 amide bonds. The predicted molar refractivity (Wildman–Crippen MR) is 110 cm³/mol. The molecular weight excluding hydrogens is 372 g/mol. The highest BCUT2D eigenvalue weighted by Crippen LogP contribution is 2.29. The third-order valence-electron chi connectivity index (χ3n) is 4.94. The Morgan fingerprint density at radius 3 is 2.79 bits per heavy atom. The molecule has 0 saturated carbocycles. The highest BCUT2D eigenvalue weighted by atomic mass is 32.1. The molecule has 8 heteroatoms. The van der Waals surface area contributed by atoms with Crippen LogP contribution in [-0.2, 0) is 13.0 Å². The smallest absolute Gasteiger partial charge is 0.259 e. The maximum atomic E-state index is 12.8. The van der Waals surface area contributed by atoms with E-state index in [1.54, 1.807) is 11.3 Å². The summed E-state index contributed by atoms with van der Waals surface area (Å²) in [4.78, 5) is 23.7. The van der Waals surface area contributed by atoms with Crippen LogP contribution in [0, 0.1) is 12.8 Å². The Hall–Kier alpha value is -2.87. The summed E-state index contributed by atoms with van der Waals surface area (Å²) < 4.78 is 0. The summed E-state index contributed by atoms with van der Waals surface area (Å²) >= 11 is 1.58. The van der Waals surface area contributed by atoms with Gasteiger partial charge in [0.1, 0.15) is 17.2 Å². The van der Waals surface area contributed by atoms with Crippen LogP contribution in [0.15, 0.2) is 35.1 Å². The van der Waals surface area contributed by atoms with E-state index < -0.39 is 0 Å². The Labute approximate surface area is 166 Å². The van der Waals surface area contributed by atoms with Crippen LogP contribution in [-0.4, -0.2) is 30.2 Å². The summed E-state index contributed by atoms with van der Waals surface area (Å²) in [6.07, 6.45) is 1.99. The number of thiophene rings is 1. The number of aromatic nitrogens is 6. The molecule has 144 valence electrons. The lowest BCUT2D eigenvalue weighted by Gasteiger charge is -2.08. The average Bonchev–Trinajstić information content (AvgIpc) is 3.27. The van der Waals surface area contributed by atoms with Gasteiger partial charge in [0.15, 0.2) is 0 Å². The predicted octanol–water partition coefficient (Wildman–Crippen LogP) is 3.58. The van der Waals surface area contributed by atoms with E-state index in [0.717, 1.165) is 39.1 Å². The number of fused-ring (bicyclic) bond motifs is 1. The van der Waals surface area contributed by atoms with Gasteiger partial charge < -0.3 is 4.98 Å². The van der Waals surface area contributed by atoms with Gasteiger partial charge in [-0.3, -0.25) is 4.79 Å². The normalized spacial score (nSPS) is 12.5. The van der Waals surface area contributed by atoms with Gasteiger partial charge >= 0.3 is 0 Å². The van der Waals surface area contributed by atoms with Crippen LogP contribution in [0.1, 0.15) is 36.5 Å². The van der Waals surface area contributed by atoms with Crippen molar-refractivity contribution in [2.45, 2.75) is 40.2 Å². The molecule has 1 atom stereocenters. The molecule has 0 bridgehead atoms. The molecule has 7 nitrogen and oxygen atoms in total. The van der Waals surface area contributed by atoms with Gasteiger partial charge in [-0.25, -0.2) is 4.98 Å². The maximum absolute atomic E-state index is 12.8. The van der Waals surface area contributed by atoms with Crippen molar-refractivity contribution in [3.05, 3.63) is 57.0 Å². The lowest BCUT2D eigenvalue weighted by molar-refractivity contribution is 0.554. The molecule has 0 unspecified atom stereocenters. The molecule has 28 heavy (non-hydrogen) atoms. The molecule has 3 aromatic heterocycles. The van der Waals surface area contributed by atoms with Gasteiger partial charge in [-0.1, -0.05) is 50.6 Å². The number of aromatic amines is 1. The van der Waals surface area contributed by atoms with Gasteiger partial charge in [-0.2, -0.15) is 4.80 Å². The van der Waals surface area contributed by atoms with E-state index in [1.165, 1.54) is 4.80 Å². The minimum absolute atomic E-state index is 0.0916. The first-order valence-electron chi connectivity index (χ1n) is 9.39. The van der Waals surface area contributed by atoms with Gasteiger partial charge in [0, 0.05) is 10.4 Å². The Kier molecular flexibility index (Phi) is 5.04. The second-order valence-corrected chi connectivity index (χ2v) is 8.26. The van der Waals surface area contributed by atoms with Crippen LogP contribution >= 0.6 is 11.3 Å². The number of benzene rings is 1. The lowest BCUT2D eigenvalue weighted by Crippen LogP contribution is -2.16. The quantitative estimate of drug-likeness (QED) is 0.540. The van der Waals surface area contributed by atoms with Crippen molar-refractivity contribution < 1.29 is 0 Å². The summed E-state index contributed by atoms with van der Waals surface area (Å²) in [5, 5.41) is 13.3. The van der Waals surface area contributed by atoms with Gasteiger partial charge in [0.25, 0.3) is 5.56 Å². The third-order valence-corrected chi connectivity index (χ3v) is 5.98. The largest absolute Gasteiger partial charge is 0.308 e. The second-order valence-electron chi connectivity index (χ2n) is 7.06. The molecule has 0 aliphatic carbocycles. The van der Waals surface area contributed by atoms with E-state index in [9.17, 15) is 4.79 Å². The van der Waals surface area contributed by atoms with Gasteiger partial charge in [0.05, 0.1) is 5.39 Å². The summed E-state index contributed by atoms with van der Waals surface area (Å²) in [6, 6.07) is 9.66. The van der Waals surface area contributed by atoms with Gasteiger partial charge in [-0.05, 0) is 30.0 Å². The Balaban J connectivity index is 1.64. The maximum Gasteiger partial charge on any atom is 0.259 e. The van der Waals surface area contributed by atoms with Crippen molar-refractivity contribution in [1.29, 1.82) is 0 Å². The van der Waals surface area contributed by atoms with E-state index in [1.807, 2.05) is 30.3 Å². The molecule has 0 radical (unpaired) electrons. The monoisotopic (exact) mass is 394 g/mol. The van der Waals surface area contributed by atoms with Crippen LogP contribution in [0.4, 0.5) is 0 Å². The van der Waals surface area contributed by atoms with Crippen LogP contribution < -0.4 is 5.56 Å². The summed E-state index contributed by atoms with van der Waals surface area (Å²) in [5.41, 5.74) is 1.93.